The van der Waals surface area contributed by atoms with Crippen molar-refractivity contribution in [1.82, 2.24) is 4.90 Å². The molecule has 0 radical (unpaired) electrons. The van der Waals surface area contributed by atoms with E-state index in [1.807, 2.05) is 36.4 Å². The van der Waals surface area contributed by atoms with Crippen molar-refractivity contribution < 1.29 is 14.2 Å². The summed E-state index contributed by atoms with van der Waals surface area (Å²) < 4.78 is 17.6. The maximum absolute atomic E-state index is 6.33. The lowest BCUT2D eigenvalue weighted by Gasteiger charge is -2.37. The van der Waals surface area contributed by atoms with Gasteiger partial charge in [0, 0.05) is 32.7 Å². The fourth-order valence-electron chi connectivity index (χ4n) is 3.83. The monoisotopic (exact) mass is 414 g/mol. The molecule has 4 rings (SSSR count). The number of rotatable bonds is 7. The summed E-state index contributed by atoms with van der Waals surface area (Å²) in [6, 6.07) is 12.0. The Balaban J connectivity index is 1.30. The van der Waals surface area contributed by atoms with Crippen molar-refractivity contribution in [3.63, 3.8) is 0 Å². The normalized spacial score (nSPS) is 16.5. The average molecular weight is 415 g/mol. The number of halogens is 1. The van der Waals surface area contributed by atoms with E-state index < -0.39 is 0 Å². The summed E-state index contributed by atoms with van der Waals surface area (Å²) in [4.78, 5) is 4.80. The molecular weight excluding hydrogens is 388 g/mol. The molecule has 0 bridgehead atoms. The van der Waals surface area contributed by atoms with Crippen LogP contribution < -0.4 is 19.1 Å². The fraction of sp³-hybridized carbons (Fsp3) is 0.391. The molecule has 2 aliphatic rings. The third-order valence-electron chi connectivity index (χ3n) is 5.33. The number of benzene rings is 2. The van der Waals surface area contributed by atoms with E-state index in [-0.39, 0.29) is 0 Å². The van der Waals surface area contributed by atoms with Crippen molar-refractivity contribution in [2.24, 2.45) is 0 Å². The van der Waals surface area contributed by atoms with Gasteiger partial charge in [0.1, 0.15) is 25.6 Å². The van der Waals surface area contributed by atoms with Crippen LogP contribution in [0.1, 0.15) is 5.56 Å². The van der Waals surface area contributed by atoms with Crippen molar-refractivity contribution in [2.45, 2.75) is 6.42 Å². The first-order chi connectivity index (χ1) is 14.3. The highest BCUT2D eigenvalue weighted by Gasteiger charge is 2.23. The number of piperazine rings is 1. The number of ether oxygens (including phenoxy) is 3. The van der Waals surface area contributed by atoms with E-state index in [9.17, 15) is 0 Å². The summed E-state index contributed by atoms with van der Waals surface area (Å²) in [5.41, 5.74) is 2.21. The fourth-order valence-corrected chi connectivity index (χ4v) is 4.08. The molecule has 1 saturated heterocycles. The van der Waals surface area contributed by atoms with Gasteiger partial charge in [0.2, 0.25) is 0 Å². The van der Waals surface area contributed by atoms with Gasteiger partial charge in [-0.1, -0.05) is 35.9 Å². The molecule has 0 atom stereocenters. The number of nitrogens with zero attached hydrogens (tertiary/aromatic N) is 2. The van der Waals surface area contributed by atoms with Gasteiger partial charge in [-0.15, -0.1) is 6.58 Å². The van der Waals surface area contributed by atoms with E-state index in [4.69, 9.17) is 25.8 Å². The van der Waals surface area contributed by atoms with E-state index in [1.165, 1.54) is 0 Å². The Kier molecular flexibility index (Phi) is 6.47. The van der Waals surface area contributed by atoms with Gasteiger partial charge >= 0.3 is 0 Å². The highest BCUT2D eigenvalue weighted by molar-refractivity contribution is 6.32. The molecule has 0 N–H and O–H groups in total. The summed E-state index contributed by atoms with van der Waals surface area (Å²) in [6.45, 7) is 10.4. The minimum Gasteiger partial charge on any atom is -0.490 e. The maximum atomic E-state index is 6.33. The molecule has 0 amide bonds. The average Bonchev–Trinajstić information content (AvgIpc) is 2.76. The van der Waals surface area contributed by atoms with Crippen molar-refractivity contribution >= 4 is 17.3 Å². The van der Waals surface area contributed by atoms with Crippen LogP contribution in [0, 0.1) is 0 Å². The Bertz CT molecular complexity index is 850. The lowest BCUT2D eigenvalue weighted by Crippen LogP contribution is -2.47. The number of anilines is 1. The number of hydrogen-bond donors (Lipinski definition) is 0. The quantitative estimate of drug-likeness (QED) is 0.639. The van der Waals surface area contributed by atoms with E-state index in [2.05, 4.69) is 22.4 Å². The van der Waals surface area contributed by atoms with E-state index in [1.54, 1.807) is 0 Å². The van der Waals surface area contributed by atoms with Gasteiger partial charge in [-0.2, -0.15) is 0 Å². The molecular formula is C23H27ClN2O3. The Hall–Kier alpha value is -2.37. The van der Waals surface area contributed by atoms with Gasteiger partial charge in [0.05, 0.1) is 10.7 Å². The molecule has 29 heavy (non-hydrogen) atoms. The number of fused-ring (bicyclic) bond motifs is 1. The van der Waals surface area contributed by atoms with E-state index >= 15 is 0 Å². The first kappa shape index (κ1) is 19.9. The van der Waals surface area contributed by atoms with Gasteiger partial charge in [0.25, 0.3) is 0 Å². The molecule has 1 fully saturated rings. The van der Waals surface area contributed by atoms with Gasteiger partial charge in [-0.25, -0.2) is 0 Å². The molecule has 154 valence electrons. The molecule has 2 aromatic rings. The number of hydrogen-bond acceptors (Lipinski definition) is 5. The maximum Gasteiger partial charge on any atom is 0.184 e. The lowest BCUT2D eigenvalue weighted by atomic mass is 10.1. The van der Waals surface area contributed by atoms with Crippen molar-refractivity contribution in [3.05, 3.63) is 59.6 Å². The highest BCUT2D eigenvalue weighted by atomic mass is 35.5. The van der Waals surface area contributed by atoms with Crippen LogP contribution in [-0.2, 0) is 6.42 Å². The van der Waals surface area contributed by atoms with Crippen LogP contribution in [0.3, 0.4) is 0 Å². The predicted octanol–water partition coefficient (Wildman–Crippen LogP) is 4.04. The zero-order valence-corrected chi connectivity index (χ0v) is 17.4. The molecule has 0 aromatic heterocycles. The van der Waals surface area contributed by atoms with E-state index in [0.717, 1.165) is 67.6 Å². The second kappa shape index (κ2) is 9.42. The van der Waals surface area contributed by atoms with Crippen LogP contribution in [0.2, 0.25) is 5.02 Å². The van der Waals surface area contributed by atoms with Crippen molar-refractivity contribution in [1.29, 1.82) is 0 Å². The third kappa shape index (κ3) is 4.62. The SMILES string of the molecule is C=CCc1cccc(Cl)c1OCCN1CCN(c2cccc3c2OCCO3)CC1. The first-order valence-corrected chi connectivity index (χ1v) is 10.5. The minimum absolute atomic E-state index is 0.608. The van der Waals surface area contributed by atoms with Gasteiger partial charge in [-0.3, -0.25) is 4.90 Å². The smallest absolute Gasteiger partial charge is 0.184 e. The molecule has 5 nitrogen and oxygen atoms in total. The minimum atomic E-state index is 0.608. The zero-order chi connectivity index (χ0) is 20.1. The van der Waals surface area contributed by atoms with Crippen LogP contribution in [0.5, 0.6) is 17.2 Å². The van der Waals surface area contributed by atoms with Crippen molar-refractivity contribution in [3.8, 4) is 17.2 Å². The third-order valence-corrected chi connectivity index (χ3v) is 5.62. The first-order valence-electron chi connectivity index (χ1n) is 10.1. The molecule has 2 aliphatic heterocycles. The zero-order valence-electron chi connectivity index (χ0n) is 16.6. The second-order valence-corrected chi connectivity index (χ2v) is 7.61. The van der Waals surface area contributed by atoms with Crippen LogP contribution in [0.4, 0.5) is 5.69 Å². The molecule has 2 aromatic carbocycles. The second-order valence-electron chi connectivity index (χ2n) is 7.20. The Morgan fingerprint density at radius 1 is 1.03 bits per heavy atom. The molecule has 2 heterocycles. The van der Waals surface area contributed by atoms with Crippen LogP contribution in [0.25, 0.3) is 0 Å². The van der Waals surface area contributed by atoms with Crippen LogP contribution >= 0.6 is 11.6 Å². The topological polar surface area (TPSA) is 34.2 Å². The van der Waals surface area contributed by atoms with Crippen molar-refractivity contribution in [2.75, 3.05) is 57.4 Å². The van der Waals surface area contributed by atoms with Gasteiger partial charge in [0.15, 0.2) is 11.5 Å². The summed E-state index contributed by atoms with van der Waals surface area (Å²) >= 11 is 6.33. The summed E-state index contributed by atoms with van der Waals surface area (Å²) in [5, 5.41) is 0.658. The molecule has 0 spiro atoms. The lowest BCUT2D eigenvalue weighted by molar-refractivity contribution is 0.170. The largest absolute Gasteiger partial charge is 0.490 e. The van der Waals surface area contributed by atoms with Crippen LogP contribution in [-0.4, -0.2) is 57.4 Å². The molecule has 0 aliphatic carbocycles. The summed E-state index contributed by atoms with van der Waals surface area (Å²) in [5.74, 6) is 2.50. The summed E-state index contributed by atoms with van der Waals surface area (Å²) in [7, 11) is 0. The molecule has 0 saturated carbocycles. The summed E-state index contributed by atoms with van der Waals surface area (Å²) in [6.07, 6.45) is 2.62. The molecule has 0 unspecified atom stereocenters. The Labute approximate surface area is 177 Å². The Morgan fingerprint density at radius 2 is 1.83 bits per heavy atom. The highest BCUT2D eigenvalue weighted by Crippen LogP contribution is 2.39. The van der Waals surface area contributed by atoms with Gasteiger partial charge < -0.3 is 19.1 Å². The Morgan fingerprint density at radius 3 is 2.66 bits per heavy atom. The number of para-hydroxylation sites is 2. The van der Waals surface area contributed by atoms with Gasteiger partial charge in [-0.05, 0) is 30.2 Å². The predicted molar refractivity (Wildman–Crippen MR) is 117 cm³/mol. The van der Waals surface area contributed by atoms with Crippen LogP contribution in [0.15, 0.2) is 49.1 Å². The standard InChI is InChI=1S/C23H27ClN2O3/c1-2-5-18-6-3-7-19(24)22(18)28-15-14-25-10-12-26(13-11-25)20-8-4-9-21-23(20)29-17-16-27-21/h2-4,6-9H,1,5,10-17H2. The van der Waals surface area contributed by atoms with E-state index in [0.29, 0.717) is 24.8 Å². The molecule has 6 heteroatoms. The number of allylic oxidation sites excluding steroid dienone is 1.